The van der Waals surface area contributed by atoms with Crippen molar-refractivity contribution < 1.29 is 34.6 Å². The van der Waals surface area contributed by atoms with Gasteiger partial charge < -0.3 is 0 Å². The van der Waals surface area contributed by atoms with Gasteiger partial charge in [-0.2, -0.15) is 0 Å². The summed E-state index contributed by atoms with van der Waals surface area (Å²) in [6.45, 7) is 4.23. The Balaban J connectivity index is 2.47. The Morgan fingerprint density at radius 2 is 2.12 bits per heavy atom. The van der Waals surface area contributed by atoms with Crippen LogP contribution in [0.4, 0.5) is 5.69 Å². The summed E-state index contributed by atoms with van der Waals surface area (Å²) in [5, 5.41) is 10.4. The fraction of sp³-hybridized carbons (Fsp3) is 0.300. The normalized spacial score (nSPS) is 11.3. The third-order valence-electron chi connectivity index (χ3n) is 1.68. The van der Waals surface area contributed by atoms with Crippen molar-refractivity contribution in [3.05, 3.63) is 34.4 Å². The van der Waals surface area contributed by atoms with E-state index in [-0.39, 0.29) is 5.69 Å². The molecule has 0 aromatic heterocycles. The van der Waals surface area contributed by atoms with E-state index in [0.717, 1.165) is 0 Å². The van der Waals surface area contributed by atoms with Gasteiger partial charge in [-0.15, -0.1) is 0 Å². The molecule has 94 valence electrons. The van der Waals surface area contributed by atoms with Crippen LogP contribution in [0.3, 0.4) is 0 Å². The quantitative estimate of drug-likeness (QED) is 0.232. The first-order valence-corrected chi connectivity index (χ1v) is 6.71. The molecule has 0 saturated heterocycles. The molecule has 0 atom stereocenters. The Morgan fingerprint density at radius 1 is 1.47 bits per heavy atom. The second-order valence-electron chi connectivity index (χ2n) is 2.93. The maximum absolute atomic E-state index is 10.4. The summed E-state index contributed by atoms with van der Waals surface area (Å²) in [6, 6.07) is 5.92. The Kier molecular flexibility index (Phi) is 5.67. The van der Waals surface area contributed by atoms with Crippen LogP contribution in [-0.2, 0) is 4.74 Å². The van der Waals surface area contributed by atoms with Crippen LogP contribution >= 0.6 is 0 Å². The molecule has 0 N–H and O–H groups in total. The molecule has 0 fully saturated rings. The number of hydrogen-bond acceptors (Lipinski definition) is 5. The maximum atomic E-state index is 10.4. The summed E-state index contributed by atoms with van der Waals surface area (Å²) < 4.78 is 14.6. The molecule has 7 heteroatoms. The van der Waals surface area contributed by atoms with Crippen LogP contribution in [0.25, 0.3) is 0 Å². The van der Waals surface area contributed by atoms with E-state index in [1.807, 2.05) is 6.92 Å². The summed E-state index contributed by atoms with van der Waals surface area (Å²) in [5.41, 5.74) is 0.0459. The zero-order valence-electron chi connectivity index (χ0n) is 9.42. The van der Waals surface area contributed by atoms with Crippen molar-refractivity contribution in [1.29, 1.82) is 0 Å². The number of nitro benzene ring substituents is 1. The SMILES string of the molecule is CCOC(C)=N[I-]Oc1ccc([N+](=O)[O-])cc1. The average molecular weight is 351 g/mol. The number of nitrogens with zero attached hydrogens (tertiary/aromatic N) is 2. The molecule has 1 aromatic carbocycles. The number of halogens is 1. The van der Waals surface area contributed by atoms with Crippen molar-refractivity contribution in [3.63, 3.8) is 0 Å². The van der Waals surface area contributed by atoms with Gasteiger partial charge in [0, 0.05) is 0 Å². The van der Waals surface area contributed by atoms with E-state index in [4.69, 9.17) is 7.80 Å². The van der Waals surface area contributed by atoms with Gasteiger partial charge in [0.1, 0.15) is 0 Å². The van der Waals surface area contributed by atoms with Crippen LogP contribution in [0.15, 0.2) is 27.5 Å². The molecule has 0 aliphatic rings. The van der Waals surface area contributed by atoms with Gasteiger partial charge in [-0.3, -0.25) is 0 Å². The zero-order valence-corrected chi connectivity index (χ0v) is 11.6. The summed E-state index contributed by atoms with van der Waals surface area (Å²) in [6.07, 6.45) is 0. The second-order valence-corrected chi connectivity index (χ2v) is 4.25. The van der Waals surface area contributed by atoms with E-state index in [1.165, 1.54) is 12.1 Å². The molecule has 0 unspecified atom stereocenters. The standard InChI is InChI=1S/C10H12IN2O4/c1-3-16-8(2)12-11-17-10-6-4-9(5-7-10)13(14)15/h4-7H,3H2,1-2H3/q-1. The van der Waals surface area contributed by atoms with Crippen molar-refractivity contribution in [3.8, 4) is 5.75 Å². The number of ether oxygens (including phenoxy) is 1. The van der Waals surface area contributed by atoms with E-state index in [2.05, 4.69) is 3.21 Å². The average Bonchev–Trinajstić information content (AvgIpc) is 2.30. The van der Waals surface area contributed by atoms with E-state index >= 15 is 0 Å². The number of non-ortho nitro benzene ring substituents is 1. The first-order valence-electron chi connectivity index (χ1n) is 4.86. The molecule has 0 aliphatic carbocycles. The van der Waals surface area contributed by atoms with E-state index in [0.29, 0.717) is 18.3 Å². The van der Waals surface area contributed by atoms with Gasteiger partial charge in [0.25, 0.3) is 0 Å². The van der Waals surface area contributed by atoms with Crippen LogP contribution in [0.1, 0.15) is 13.8 Å². The van der Waals surface area contributed by atoms with Gasteiger partial charge in [0.05, 0.1) is 0 Å². The van der Waals surface area contributed by atoms with E-state index in [9.17, 15) is 10.1 Å². The molecule has 0 radical (unpaired) electrons. The predicted molar refractivity (Wildman–Crippen MR) is 58.5 cm³/mol. The molecule has 0 bridgehead atoms. The van der Waals surface area contributed by atoms with Crippen LogP contribution < -0.4 is 25.0 Å². The Labute approximate surface area is 110 Å². The molecule has 6 nitrogen and oxygen atoms in total. The van der Waals surface area contributed by atoms with Gasteiger partial charge in [-0.05, 0) is 0 Å². The summed E-state index contributed by atoms with van der Waals surface area (Å²) in [7, 11) is 0. The van der Waals surface area contributed by atoms with Gasteiger partial charge in [0.2, 0.25) is 0 Å². The fourth-order valence-electron chi connectivity index (χ4n) is 0.958. The molecule has 17 heavy (non-hydrogen) atoms. The van der Waals surface area contributed by atoms with Gasteiger partial charge in [-0.25, -0.2) is 0 Å². The predicted octanol–water partition coefficient (Wildman–Crippen LogP) is -0.652. The summed E-state index contributed by atoms with van der Waals surface area (Å²) >= 11 is -0.839. The number of rotatable bonds is 5. The van der Waals surface area contributed by atoms with Gasteiger partial charge in [0.15, 0.2) is 0 Å². The van der Waals surface area contributed by atoms with Gasteiger partial charge in [-0.1, -0.05) is 0 Å². The summed E-state index contributed by atoms with van der Waals surface area (Å²) in [5.74, 6) is 1.18. The van der Waals surface area contributed by atoms with Crippen LogP contribution in [0, 0.1) is 10.1 Å². The molecule has 0 heterocycles. The second kappa shape index (κ2) is 7.05. The molecule has 1 rings (SSSR count). The van der Waals surface area contributed by atoms with Crippen molar-refractivity contribution in [1.82, 2.24) is 0 Å². The molecule has 0 aliphatic heterocycles. The molecular weight excluding hydrogens is 339 g/mol. The fourth-order valence-corrected chi connectivity index (χ4v) is 1.99. The van der Waals surface area contributed by atoms with Crippen LogP contribution in [0.5, 0.6) is 5.75 Å². The summed E-state index contributed by atoms with van der Waals surface area (Å²) in [4.78, 5) is 9.97. The third kappa shape index (κ3) is 4.98. The molecule has 0 saturated carbocycles. The molecule has 0 spiro atoms. The van der Waals surface area contributed by atoms with Crippen LogP contribution in [-0.4, -0.2) is 17.4 Å². The monoisotopic (exact) mass is 351 g/mol. The molecular formula is C10H12IN2O4-. The van der Waals surface area contributed by atoms with Crippen molar-refractivity contribution in [2.24, 2.45) is 3.21 Å². The number of hydrogen-bond donors (Lipinski definition) is 0. The molecule has 0 amide bonds. The third-order valence-corrected chi connectivity index (χ3v) is 3.26. The minimum atomic E-state index is -0.839. The van der Waals surface area contributed by atoms with Crippen molar-refractivity contribution >= 4 is 11.6 Å². The van der Waals surface area contributed by atoms with Crippen molar-refractivity contribution in [2.45, 2.75) is 13.8 Å². The molecule has 1 aromatic rings. The minimum absolute atomic E-state index is 0.0459. The number of nitro groups is 1. The zero-order chi connectivity index (χ0) is 12.7. The van der Waals surface area contributed by atoms with E-state index in [1.54, 1.807) is 19.1 Å². The number of benzene rings is 1. The first kappa shape index (κ1) is 13.7. The Bertz CT molecular complexity index is 405. The van der Waals surface area contributed by atoms with Crippen LogP contribution in [0.2, 0.25) is 0 Å². The van der Waals surface area contributed by atoms with E-state index < -0.39 is 26.8 Å². The Morgan fingerprint density at radius 3 is 2.65 bits per heavy atom. The Hall–Kier alpha value is -1.38. The van der Waals surface area contributed by atoms with Crippen molar-refractivity contribution in [2.75, 3.05) is 6.61 Å². The van der Waals surface area contributed by atoms with Gasteiger partial charge >= 0.3 is 110 Å². The first-order chi connectivity index (χ1) is 8.13. The topological polar surface area (TPSA) is 74.0 Å².